The average molecular weight is 383 g/mol. The molecule has 0 aromatic carbocycles. The van der Waals surface area contributed by atoms with Crippen LogP contribution >= 0.6 is 0 Å². The van der Waals surface area contributed by atoms with Gasteiger partial charge in [-0.2, -0.15) is 0 Å². The first kappa shape index (κ1) is 20.1. The minimum absolute atomic E-state index is 0.607. The third-order valence-corrected chi connectivity index (χ3v) is 20.9. The second-order valence-electron chi connectivity index (χ2n) is 7.14. The zero-order chi connectivity index (χ0) is 17.8. The number of allylic oxidation sites excluding steroid dienone is 3. The summed E-state index contributed by atoms with van der Waals surface area (Å²) >= 11 is 0. The van der Waals surface area contributed by atoms with Gasteiger partial charge < -0.3 is 12.3 Å². The molecule has 0 aromatic heterocycles. The monoisotopic (exact) mass is 382 g/mol. The Morgan fingerprint density at radius 2 is 1.33 bits per heavy atom. The summed E-state index contributed by atoms with van der Waals surface area (Å²) in [6.45, 7) is 18.7. The van der Waals surface area contributed by atoms with E-state index in [1.807, 2.05) is 18.2 Å². The number of rotatable bonds is 10. The summed E-state index contributed by atoms with van der Waals surface area (Å²) < 4.78 is 20.7. The fraction of sp³-hybridized carbons (Fsp3) is 0.667. The van der Waals surface area contributed by atoms with Gasteiger partial charge in [0.05, 0.1) is 0 Å². The van der Waals surface area contributed by atoms with Crippen molar-refractivity contribution in [1.29, 1.82) is 0 Å². The van der Waals surface area contributed by atoms with Crippen LogP contribution in [0.15, 0.2) is 38.0 Å². The van der Waals surface area contributed by atoms with E-state index in [0.29, 0.717) is 5.54 Å². The highest BCUT2D eigenvalue weighted by molar-refractivity contribution is 6.95. The van der Waals surface area contributed by atoms with Crippen molar-refractivity contribution in [3.05, 3.63) is 38.0 Å². The molecule has 0 spiro atoms. The molecule has 1 aliphatic carbocycles. The van der Waals surface area contributed by atoms with Crippen LogP contribution in [0, 0.1) is 5.92 Å². The normalized spacial score (nSPS) is 41.6. The van der Waals surface area contributed by atoms with Gasteiger partial charge in [0.25, 0.3) is 0 Å². The van der Waals surface area contributed by atoms with Crippen molar-refractivity contribution in [3.8, 4) is 0 Å². The van der Waals surface area contributed by atoms with Crippen molar-refractivity contribution in [2.45, 2.75) is 69.4 Å². The molecule has 0 radical (unpaired) electrons. The highest BCUT2D eigenvalue weighted by Crippen LogP contribution is 2.59. The lowest BCUT2D eigenvalue weighted by Gasteiger charge is -2.53. The molecule has 0 amide bonds. The standard InChI is InChI=1S/C18H34O3Si3/c1-7-13-22(11-5)19-23(12-6,14-8-2)21-24(20-22,15-9-3)18-16-17(18)10-4/h7-9,17-18H,1-3,10-16H2,4-6H3. The predicted octanol–water partition coefficient (Wildman–Crippen LogP) is 5.77. The van der Waals surface area contributed by atoms with Crippen LogP contribution in [0.4, 0.5) is 0 Å². The van der Waals surface area contributed by atoms with Crippen LogP contribution in [-0.2, 0) is 12.3 Å². The van der Waals surface area contributed by atoms with Crippen LogP contribution in [0.5, 0.6) is 0 Å². The lowest BCUT2D eigenvalue weighted by molar-refractivity contribution is 0.212. The molecule has 4 unspecified atom stereocenters. The van der Waals surface area contributed by atoms with Crippen molar-refractivity contribution in [3.63, 3.8) is 0 Å². The number of hydrogen-bond donors (Lipinski definition) is 0. The molecule has 1 aliphatic heterocycles. The molecule has 2 fully saturated rings. The maximum atomic E-state index is 6.94. The van der Waals surface area contributed by atoms with E-state index in [0.717, 1.165) is 36.1 Å². The fourth-order valence-corrected chi connectivity index (χ4v) is 22.7. The van der Waals surface area contributed by atoms with Gasteiger partial charge in [-0.15, -0.1) is 19.7 Å². The molecular formula is C18H34O3Si3. The minimum Gasteiger partial charge on any atom is -0.415 e. The van der Waals surface area contributed by atoms with Crippen molar-refractivity contribution < 1.29 is 12.3 Å². The minimum atomic E-state index is -2.34. The van der Waals surface area contributed by atoms with Gasteiger partial charge in [0.15, 0.2) is 0 Å². The summed E-state index contributed by atoms with van der Waals surface area (Å²) in [5, 5.41) is 0. The first-order chi connectivity index (χ1) is 11.5. The van der Waals surface area contributed by atoms with E-state index in [-0.39, 0.29) is 0 Å². The third kappa shape index (κ3) is 3.78. The SMILES string of the molecule is C=CC[Si]1(CC)O[Si](CC)(CC=C)O[Si](CC=C)(C2CC2CC)O1. The molecular weight excluding hydrogens is 348 g/mol. The Balaban J connectivity index is 2.45. The van der Waals surface area contributed by atoms with Gasteiger partial charge in [-0.05, 0) is 24.4 Å². The average Bonchev–Trinajstić information content (AvgIpc) is 3.36. The topological polar surface area (TPSA) is 27.7 Å². The molecule has 0 N–H and O–H groups in total. The molecule has 1 saturated carbocycles. The van der Waals surface area contributed by atoms with Gasteiger partial charge >= 0.3 is 25.7 Å². The lowest BCUT2D eigenvalue weighted by atomic mass is 10.3. The zero-order valence-electron chi connectivity index (χ0n) is 15.7. The Labute approximate surface area is 151 Å². The molecule has 2 rings (SSSR count). The first-order valence-electron chi connectivity index (χ1n) is 9.41. The Morgan fingerprint density at radius 1 is 0.833 bits per heavy atom. The van der Waals surface area contributed by atoms with E-state index >= 15 is 0 Å². The van der Waals surface area contributed by atoms with Gasteiger partial charge in [-0.1, -0.05) is 45.4 Å². The Hall–Kier alpha value is -0.249. The molecule has 2 aliphatic rings. The highest BCUT2D eigenvalue weighted by atomic mass is 28.5. The van der Waals surface area contributed by atoms with Crippen molar-refractivity contribution in [2.24, 2.45) is 5.92 Å². The maximum Gasteiger partial charge on any atom is 0.327 e. The van der Waals surface area contributed by atoms with E-state index in [1.165, 1.54) is 12.8 Å². The maximum absolute atomic E-state index is 6.94. The van der Waals surface area contributed by atoms with E-state index in [2.05, 4.69) is 40.5 Å². The second-order valence-corrected chi connectivity index (χ2v) is 18.2. The van der Waals surface area contributed by atoms with Gasteiger partial charge in [0, 0.05) is 23.7 Å². The van der Waals surface area contributed by atoms with Crippen LogP contribution < -0.4 is 0 Å². The van der Waals surface area contributed by atoms with Crippen LogP contribution in [0.25, 0.3) is 0 Å². The van der Waals surface area contributed by atoms with Gasteiger partial charge in [-0.3, -0.25) is 0 Å². The highest BCUT2D eigenvalue weighted by Gasteiger charge is 2.66. The third-order valence-electron chi connectivity index (χ3n) is 5.52. The van der Waals surface area contributed by atoms with E-state index in [4.69, 9.17) is 12.3 Å². The molecule has 24 heavy (non-hydrogen) atoms. The van der Waals surface area contributed by atoms with Crippen LogP contribution in [0.1, 0.15) is 33.6 Å². The Morgan fingerprint density at radius 3 is 1.67 bits per heavy atom. The van der Waals surface area contributed by atoms with Gasteiger partial charge in [0.1, 0.15) is 0 Å². The Bertz CT molecular complexity index is 458. The predicted molar refractivity (Wildman–Crippen MR) is 109 cm³/mol. The fourth-order valence-electron chi connectivity index (χ4n) is 4.04. The molecule has 0 aromatic rings. The summed E-state index contributed by atoms with van der Waals surface area (Å²) in [6.07, 6.45) is 8.46. The summed E-state index contributed by atoms with van der Waals surface area (Å²) in [4.78, 5) is 0. The molecule has 1 heterocycles. The van der Waals surface area contributed by atoms with Crippen molar-refractivity contribution in [2.75, 3.05) is 0 Å². The largest absolute Gasteiger partial charge is 0.415 e. The van der Waals surface area contributed by atoms with Gasteiger partial charge in [0.2, 0.25) is 0 Å². The van der Waals surface area contributed by atoms with Gasteiger partial charge in [-0.25, -0.2) is 0 Å². The van der Waals surface area contributed by atoms with Crippen molar-refractivity contribution >= 4 is 25.7 Å². The van der Waals surface area contributed by atoms with Crippen LogP contribution in [-0.4, -0.2) is 25.7 Å². The van der Waals surface area contributed by atoms with Crippen molar-refractivity contribution in [1.82, 2.24) is 0 Å². The van der Waals surface area contributed by atoms with E-state index in [9.17, 15) is 0 Å². The van der Waals surface area contributed by atoms with Crippen LogP contribution in [0.3, 0.4) is 0 Å². The molecule has 1 saturated heterocycles. The summed E-state index contributed by atoms with van der Waals surface area (Å²) in [5.41, 5.74) is 0.607. The zero-order valence-corrected chi connectivity index (χ0v) is 18.7. The van der Waals surface area contributed by atoms with E-state index in [1.54, 1.807) is 0 Å². The lowest BCUT2D eigenvalue weighted by Crippen LogP contribution is -2.70. The first-order valence-corrected chi connectivity index (χ1v) is 16.0. The molecule has 4 atom stereocenters. The summed E-state index contributed by atoms with van der Waals surface area (Å²) in [6, 6.07) is 4.52. The quantitative estimate of drug-likeness (QED) is 0.354. The summed E-state index contributed by atoms with van der Waals surface area (Å²) in [7, 11) is -6.94. The molecule has 3 nitrogen and oxygen atoms in total. The number of hydrogen-bond acceptors (Lipinski definition) is 3. The molecule has 136 valence electrons. The Kier molecular flexibility index (Phi) is 6.66. The second kappa shape index (κ2) is 7.97. The smallest absolute Gasteiger partial charge is 0.327 e. The summed E-state index contributed by atoms with van der Waals surface area (Å²) in [5.74, 6) is 0.759. The molecule has 6 heteroatoms. The molecule has 0 bridgehead atoms. The van der Waals surface area contributed by atoms with Crippen LogP contribution in [0.2, 0.25) is 35.8 Å². The van der Waals surface area contributed by atoms with E-state index < -0.39 is 25.7 Å².